The first-order valence-corrected chi connectivity index (χ1v) is 6.03. The van der Waals surface area contributed by atoms with Gasteiger partial charge >= 0.3 is 5.97 Å². The van der Waals surface area contributed by atoms with Crippen LogP contribution in [0.5, 0.6) is 0 Å². The highest BCUT2D eigenvalue weighted by Gasteiger charge is 1.95. The van der Waals surface area contributed by atoms with E-state index >= 15 is 0 Å². The van der Waals surface area contributed by atoms with E-state index in [1.165, 1.54) is 0 Å². The molecule has 96 valence electrons. The van der Waals surface area contributed by atoms with Crippen molar-refractivity contribution in [2.75, 3.05) is 5.32 Å². The predicted octanol–water partition coefficient (Wildman–Crippen LogP) is 3.40. The Balaban J connectivity index is 2.01. The molecule has 0 heterocycles. The summed E-state index contributed by atoms with van der Waals surface area (Å²) in [5.41, 5.74) is 3.06. The fourth-order valence-electron chi connectivity index (χ4n) is 1.73. The molecule has 3 heteroatoms. The maximum Gasteiger partial charge on any atom is 0.328 e. The average Bonchev–Trinajstić information content (AvgIpc) is 2.44. The number of anilines is 1. The minimum absolute atomic E-state index is 0.707. The highest BCUT2D eigenvalue weighted by atomic mass is 16.4. The number of para-hydroxylation sites is 1. The van der Waals surface area contributed by atoms with Crippen molar-refractivity contribution >= 4 is 17.7 Å². The van der Waals surface area contributed by atoms with Crippen LogP contribution < -0.4 is 5.32 Å². The third kappa shape index (κ3) is 4.32. The van der Waals surface area contributed by atoms with Crippen molar-refractivity contribution in [3.05, 3.63) is 71.8 Å². The second-order valence-electron chi connectivity index (χ2n) is 4.14. The molecule has 0 bridgehead atoms. The van der Waals surface area contributed by atoms with Gasteiger partial charge in [0, 0.05) is 18.3 Å². The van der Waals surface area contributed by atoms with Gasteiger partial charge in [0.2, 0.25) is 0 Å². The van der Waals surface area contributed by atoms with Crippen molar-refractivity contribution < 1.29 is 9.90 Å². The number of carboxylic acid groups (broad SMARTS) is 1. The van der Waals surface area contributed by atoms with E-state index < -0.39 is 5.97 Å². The maximum atomic E-state index is 10.5. The van der Waals surface area contributed by atoms with E-state index in [-0.39, 0.29) is 0 Å². The zero-order chi connectivity index (χ0) is 13.5. The molecule has 0 amide bonds. The third-order valence-electron chi connectivity index (χ3n) is 2.64. The fraction of sp³-hybridized carbons (Fsp3) is 0.0625. The van der Waals surface area contributed by atoms with E-state index in [2.05, 4.69) is 5.32 Å². The quantitative estimate of drug-likeness (QED) is 0.803. The maximum absolute atomic E-state index is 10.5. The Hall–Kier alpha value is -2.55. The van der Waals surface area contributed by atoms with Gasteiger partial charge in [-0.15, -0.1) is 0 Å². The summed E-state index contributed by atoms with van der Waals surface area (Å²) in [6.07, 6.45) is 2.73. The first kappa shape index (κ1) is 12.9. The van der Waals surface area contributed by atoms with Gasteiger partial charge in [-0.3, -0.25) is 0 Å². The van der Waals surface area contributed by atoms with Gasteiger partial charge in [0.05, 0.1) is 0 Å². The third-order valence-corrected chi connectivity index (χ3v) is 2.64. The van der Waals surface area contributed by atoms with Crippen molar-refractivity contribution in [3.8, 4) is 0 Å². The second-order valence-corrected chi connectivity index (χ2v) is 4.14. The molecule has 0 unspecified atom stereocenters. The molecule has 0 aromatic heterocycles. The summed E-state index contributed by atoms with van der Waals surface area (Å²) in [5, 5.41) is 11.9. The SMILES string of the molecule is O=C(O)/C=C/c1cccc(CNc2ccccc2)c1. The molecule has 0 aliphatic heterocycles. The molecule has 2 aromatic carbocycles. The van der Waals surface area contributed by atoms with Crippen LogP contribution >= 0.6 is 0 Å². The molecule has 0 aliphatic carbocycles. The Bertz CT molecular complexity index is 576. The number of carboxylic acids is 1. The number of rotatable bonds is 5. The van der Waals surface area contributed by atoms with Gasteiger partial charge in [-0.05, 0) is 35.4 Å². The second kappa shape index (κ2) is 6.40. The van der Waals surface area contributed by atoms with Gasteiger partial charge in [0.25, 0.3) is 0 Å². The van der Waals surface area contributed by atoms with Crippen LogP contribution in [0, 0.1) is 0 Å². The Kier molecular flexibility index (Phi) is 4.34. The highest BCUT2D eigenvalue weighted by molar-refractivity contribution is 5.85. The number of carbonyl (C=O) groups is 1. The molecule has 2 rings (SSSR count). The first-order valence-electron chi connectivity index (χ1n) is 6.03. The summed E-state index contributed by atoms with van der Waals surface area (Å²) >= 11 is 0. The van der Waals surface area contributed by atoms with E-state index in [0.29, 0.717) is 6.54 Å². The monoisotopic (exact) mass is 253 g/mol. The number of aliphatic carboxylic acids is 1. The standard InChI is InChI=1S/C16H15NO2/c18-16(19)10-9-13-5-4-6-14(11-13)12-17-15-7-2-1-3-8-15/h1-11,17H,12H2,(H,18,19)/b10-9+. The van der Waals surface area contributed by atoms with Gasteiger partial charge in [0.15, 0.2) is 0 Å². The zero-order valence-corrected chi connectivity index (χ0v) is 10.4. The van der Waals surface area contributed by atoms with Crippen molar-refractivity contribution in [1.29, 1.82) is 0 Å². The van der Waals surface area contributed by atoms with E-state index in [0.717, 1.165) is 22.9 Å². The van der Waals surface area contributed by atoms with Gasteiger partial charge < -0.3 is 10.4 Å². The Morgan fingerprint density at radius 1 is 1.11 bits per heavy atom. The fourth-order valence-corrected chi connectivity index (χ4v) is 1.73. The predicted molar refractivity (Wildman–Crippen MR) is 76.9 cm³/mol. The van der Waals surface area contributed by atoms with Gasteiger partial charge in [0.1, 0.15) is 0 Å². The molecule has 2 aromatic rings. The summed E-state index contributed by atoms with van der Waals surface area (Å²) in [7, 11) is 0. The molecular formula is C16H15NO2. The zero-order valence-electron chi connectivity index (χ0n) is 10.4. The lowest BCUT2D eigenvalue weighted by Gasteiger charge is -2.06. The van der Waals surface area contributed by atoms with Crippen molar-refractivity contribution in [1.82, 2.24) is 0 Å². The van der Waals surface area contributed by atoms with Crippen molar-refractivity contribution in [2.45, 2.75) is 6.54 Å². The van der Waals surface area contributed by atoms with Crippen LogP contribution in [0.15, 0.2) is 60.7 Å². The van der Waals surface area contributed by atoms with Crippen LogP contribution in [0.25, 0.3) is 6.08 Å². The minimum atomic E-state index is -0.937. The summed E-state index contributed by atoms with van der Waals surface area (Å²) < 4.78 is 0. The molecule has 0 spiro atoms. The lowest BCUT2D eigenvalue weighted by atomic mass is 10.1. The summed E-state index contributed by atoms with van der Waals surface area (Å²) in [5.74, 6) is -0.937. The molecule has 0 atom stereocenters. The number of hydrogen-bond donors (Lipinski definition) is 2. The van der Waals surface area contributed by atoms with E-state index in [4.69, 9.17) is 5.11 Å². The molecule has 19 heavy (non-hydrogen) atoms. The van der Waals surface area contributed by atoms with Crippen LogP contribution in [0.1, 0.15) is 11.1 Å². The summed E-state index contributed by atoms with van der Waals surface area (Å²) in [4.78, 5) is 10.5. The van der Waals surface area contributed by atoms with Crippen LogP contribution in [0.4, 0.5) is 5.69 Å². The number of benzene rings is 2. The van der Waals surface area contributed by atoms with Crippen molar-refractivity contribution in [2.24, 2.45) is 0 Å². The number of nitrogens with one attached hydrogen (secondary N) is 1. The van der Waals surface area contributed by atoms with Gasteiger partial charge in [-0.2, -0.15) is 0 Å². The molecule has 0 radical (unpaired) electrons. The number of hydrogen-bond acceptors (Lipinski definition) is 2. The van der Waals surface area contributed by atoms with Crippen LogP contribution in [-0.4, -0.2) is 11.1 Å². The van der Waals surface area contributed by atoms with E-state index in [1.807, 2.05) is 54.6 Å². The molecule has 3 nitrogen and oxygen atoms in total. The Morgan fingerprint density at radius 2 is 1.89 bits per heavy atom. The highest BCUT2D eigenvalue weighted by Crippen LogP contribution is 2.11. The van der Waals surface area contributed by atoms with E-state index in [1.54, 1.807) is 6.08 Å². The normalized spacial score (nSPS) is 10.5. The van der Waals surface area contributed by atoms with E-state index in [9.17, 15) is 4.79 Å². The smallest absolute Gasteiger partial charge is 0.328 e. The van der Waals surface area contributed by atoms with Gasteiger partial charge in [-0.25, -0.2) is 4.79 Å². The Labute approximate surface area is 112 Å². The van der Waals surface area contributed by atoms with Crippen LogP contribution in [-0.2, 0) is 11.3 Å². The van der Waals surface area contributed by atoms with Crippen molar-refractivity contribution in [3.63, 3.8) is 0 Å². The topological polar surface area (TPSA) is 49.3 Å². The van der Waals surface area contributed by atoms with Gasteiger partial charge in [-0.1, -0.05) is 36.4 Å². The first-order chi connectivity index (χ1) is 9.24. The average molecular weight is 253 g/mol. The molecule has 0 saturated heterocycles. The molecule has 2 N–H and O–H groups in total. The molecule has 0 aliphatic rings. The van der Waals surface area contributed by atoms with Crippen LogP contribution in [0.3, 0.4) is 0 Å². The molecule has 0 saturated carbocycles. The van der Waals surface area contributed by atoms with Crippen LogP contribution in [0.2, 0.25) is 0 Å². The molecular weight excluding hydrogens is 238 g/mol. The summed E-state index contributed by atoms with van der Waals surface area (Å²) in [6.45, 7) is 0.707. The Morgan fingerprint density at radius 3 is 2.63 bits per heavy atom. The minimum Gasteiger partial charge on any atom is -0.478 e. The molecule has 0 fully saturated rings. The summed E-state index contributed by atoms with van der Waals surface area (Å²) in [6, 6.07) is 17.7. The lowest BCUT2D eigenvalue weighted by Crippen LogP contribution is -1.99. The lowest BCUT2D eigenvalue weighted by molar-refractivity contribution is -0.131. The largest absolute Gasteiger partial charge is 0.478 e.